The molecule has 0 bridgehead atoms. The average Bonchev–Trinajstić information content (AvgIpc) is 2.84. The minimum Gasteiger partial charge on any atom is -0.244 e. The number of benzene rings is 1. The van der Waals surface area contributed by atoms with Gasteiger partial charge in [-0.15, -0.1) is 11.3 Å². The van der Waals surface area contributed by atoms with Crippen LogP contribution in [0.15, 0.2) is 33.7 Å². The molecule has 1 heterocycles. The molecule has 1 aliphatic rings. The van der Waals surface area contributed by atoms with Crippen molar-refractivity contribution in [2.24, 2.45) is 4.99 Å². The van der Waals surface area contributed by atoms with Crippen LogP contribution in [0.1, 0.15) is 34.4 Å². The van der Waals surface area contributed by atoms with Crippen LogP contribution in [0, 0.1) is 11.3 Å². The van der Waals surface area contributed by atoms with Crippen molar-refractivity contribution in [1.82, 2.24) is 0 Å². The largest absolute Gasteiger partial charge is 0.244 e. The van der Waals surface area contributed by atoms with E-state index in [0.717, 1.165) is 33.4 Å². The Kier molecular flexibility index (Phi) is 4.00. The molecular formula is C16H13BrN2S. The number of aryl methyl sites for hydroxylation is 1. The lowest BCUT2D eigenvalue weighted by atomic mass is 9.96. The van der Waals surface area contributed by atoms with Gasteiger partial charge in [0, 0.05) is 15.6 Å². The number of hydrogen-bond acceptors (Lipinski definition) is 3. The highest BCUT2D eigenvalue weighted by Crippen LogP contribution is 2.39. The lowest BCUT2D eigenvalue weighted by molar-refractivity contribution is 0.696. The fourth-order valence-electron chi connectivity index (χ4n) is 2.44. The summed E-state index contributed by atoms with van der Waals surface area (Å²) in [6.07, 6.45) is 6.39. The fourth-order valence-corrected chi connectivity index (χ4v) is 3.89. The van der Waals surface area contributed by atoms with Gasteiger partial charge in [-0.1, -0.05) is 28.1 Å². The van der Waals surface area contributed by atoms with E-state index in [9.17, 15) is 5.26 Å². The Balaban J connectivity index is 1.93. The monoisotopic (exact) mass is 344 g/mol. The summed E-state index contributed by atoms with van der Waals surface area (Å²) in [5.74, 6) is 0. The Morgan fingerprint density at radius 2 is 1.95 bits per heavy atom. The van der Waals surface area contributed by atoms with E-state index in [1.165, 1.54) is 23.3 Å². The first-order valence-electron chi connectivity index (χ1n) is 6.62. The second kappa shape index (κ2) is 5.90. The van der Waals surface area contributed by atoms with Crippen LogP contribution < -0.4 is 0 Å². The van der Waals surface area contributed by atoms with Crippen molar-refractivity contribution in [1.29, 1.82) is 5.26 Å². The third kappa shape index (κ3) is 2.70. The number of nitriles is 1. The number of aliphatic imine (C=N–C) groups is 1. The Labute approximate surface area is 130 Å². The molecule has 0 atom stereocenters. The normalized spacial score (nSPS) is 14.2. The molecule has 3 rings (SSSR count). The van der Waals surface area contributed by atoms with E-state index in [-0.39, 0.29) is 0 Å². The molecule has 0 fully saturated rings. The molecule has 0 unspecified atom stereocenters. The smallest absolute Gasteiger partial charge is 0.134 e. The molecule has 100 valence electrons. The van der Waals surface area contributed by atoms with Gasteiger partial charge in [-0.25, -0.2) is 4.99 Å². The van der Waals surface area contributed by atoms with Gasteiger partial charge in [-0.2, -0.15) is 5.26 Å². The zero-order chi connectivity index (χ0) is 13.9. The van der Waals surface area contributed by atoms with Gasteiger partial charge in [-0.3, -0.25) is 0 Å². The van der Waals surface area contributed by atoms with E-state index in [1.54, 1.807) is 11.3 Å². The summed E-state index contributed by atoms with van der Waals surface area (Å²) in [5, 5.41) is 10.2. The minimum absolute atomic E-state index is 0.790. The molecule has 1 aromatic carbocycles. The Morgan fingerprint density at radius 1 is 1.20 bits per heavy atom. The summed E-state index contributed by atoms with van der Waals surface area (Å²) >= 11 is 5.10. The topological polar surface area (TPSA) is 36.1 Å². The Bertz CT molecular complexity index is 693. The molecule has 1 aliphatic carbocycles. The van der Waals surface area contributed by atoms with Crippen molar-refractivity contribution in [3.05, 3.63) is 50.3 Å². The lowest BCUT2D eigenvalue weighted by Gasteiger charge is -2.09. The average molecular weight is 345 g/mol. The zero-order valence-electron chi connectivity index (χ0n) is 10.9. The molecule has 0 spiro atoms. The van der Waals surface area contributed by atoms with Gasteiger partial charge < -0.3 is 0 Å². The van der Waals surface area contributed by atoms with Crippen LogP contribution in [0.4, 0.5) is 5.00 Å². The summed E-state index contributed by atoms with van der Waals surface area (Å²) < 4.78 is 1.05. The molecule has 2 aromatic rings. The van der Waals surface area contributed by atoms with Gasteiger partial charge >= 0.3 is 0 Å². The molecule has 0 saturated heterocycles. The number of nitrogens with zero attached hydrogens (tertiary/aromatic N) is 2. The van der Waals surface area contributed by atoms with Crippen molar-refractivity contribution < 1.29 is 0 Å². The first kappa shape index (κ1) is 13.5. The van der Waals surface area contributed by atoms with Gasteiger partial charge in [0.1, 0.15) is 11.1 Å². The molecule has 0 amide bonds. The molecular weight excluding hydrogens is 332 g/mol. The van der Waals surface area contributed by atoms with Crippen molar-refractivity contribution in [3.8, 4) is 6.07 Å². The van der Waals surface area contributed by atoms with E-state index in [1.807, 2.05) is 30.5 Å². The summed E-state index contributed by atoms with van der Waals surface area (Å²) in [5.41, 5.74) is 3.08. The maximum Gasteiger partial charge on any atom is 0.134 e. The predicted molar refractivity (Wildman–Crippen MR) is 87.1 cm³/mol. The first-order chi connectivity index (χ1) is 9.78. The maximum absolute atomic E-state index is 9.37. The summed E-state index contributed by atoms with van der Waals surface area (Å²) in [6.45, 7) is 0. The van der Waals surface area contributed by atoms with Crippen LogP contribution in [0.2, 0.25) is 0 Å². The second-order valence-corrected chi connectivity index (χ2v) is 6.81. The third-order valence-electron chi connectivity index (χ3n) is 3.47. The van der Waals surface area contributed by atoms with Crippen LogP contribution in [-0.2, 0) is 12.8 Å². The summed E-state index contributed by atoms with van der Waals surface area (Å²) in [7, 11) is 0. The van der Waals surface area contributed by atoms with Gasteiger partial charge in [0.25, 0.3) is 0 Å². The van der Waals surface area contributed by atoms with Crippen LogP contribution in [-0.4, -0.2) is 6.21 Å². The van der Waals surface area contributed by atoms with E-state index in [0.29, 0.717) is 0 Å². The molecule has 0 radical (unpaired) electrons. The van der Waals surface area contributed by atoms with Crippen molar-refractivity contribution >= 4 is 38.5 Å². The van der Waals surface area contributed by atoms with Crippen molar-refractivity contribution in [2.75, 3.05) is 0 Å². The Morgan fingerprint density at radius 3 is 2.70 bits per heavy atom. The molecule has 0 saturated carbocycles. The SMILES string of the molecule is N#Cc1c(N=Cc2ccc(Br)cc2)sc2c1CCCC2. The van der Waals surface area contributed by atoms with Crippen LogP contribution in [0.5, 0.6) is 0 Å². The highest BCUT2D eigenvalue weighted by Gasteiger charge is 2.19. The van der Waals surface area contributed by atoms with E-state index >= 15 is 0 Å². The molecule has 20 heavy (non-hydrogen) atoms. The number of fused-ring (bicyclic) bond motifs is 1. The van der Waals surface area contributed by atoms with Crippen LogP contribution in [0.25, 0.3) is 0 Å². The van der Waals surface area contributed by atoms with E-state index in [2.05, 4.69) is 27.0 Å². The first-order valence-corrected chi connectivity index (χ1v) is 8.23. The standard InChI is InChI=1S/C16H13BrN2S/c17-12-7-5-11(6-8-12)10-19-16-14(9-18)13-3-1-2-4-15(13)20-16/h5-8,10H,1-4H2. The number of thiophene rings is 1. The second-order valence-electron chi connectivity index (χ2n) is 4.81. The zero-order valence-corrected chi connectivity index (χ0v) is 13.3. The number of hydrogen-bond donors (Lipinski definition) is 0. The molecule has 0 aliphatic heterocycles. The van der Waals surface area contributed by atoms with Crippen LogP contribution >= 0.6 is 27.3 Å². The summed E-state index contributed by atoms with van der Waals surface area (Å²) in [4.78, 5) is 5.89. The maximum atomic E-state index is 9.37. The van der Waals surface area contributed by atoms with Crippen molar-refractivity contribution in [3.63, 3.8) is 0 Å². The van der Waals surface area contributed by atoms with Crippen LogP contribution in [0.3, 0.4) is 0 Å². The predicted octanol–water partition coefficient (Wildman–Crippen LogP) is 5.01. The van der Waals surface area contributed by atoms with Gasteiger partial charge in [-0.05, 0) is 48.9 Å². The number of halogens is 1. The highest BCUT2D eigenvalue weighted by atomic mass is 79.9. The Hall–Kier alpha value is -1.44. The highest BCUT2D eigenvalue weighted by molar-refractivity contribution is 9.10. The molecule has 4 heteroatoms. The molecule has 2 nitrogen and oxygen atoms in total. The third-order valence-corrected chi connectivity index (χ3v) is 5.19. The van der Waals surface area contributed by atoms with Gasteiger partial charge in [0.05, 0.1) is 5.56 Å². The van der Waals surface area contributed by atoms with Crippen molar-refractivity contribution in [2.45, 2.75) is 25.7 Å². The van der Waals surface area contributed by atoms with E-state index < -0.39 is 0 Å². The summed E-state index contributed by atoms with van der Waals surface area (Å²) in [6, 6.07) is 10.3. The molecule has 0 N–H and O–H groups in total. The minimum atomic E-state index is 0.790. The number of rotatable bonds is 2. The quantitative estimate of drug-likeness (QED) is 0.705. The van der Waals surface area contributed by atoms with Gasteiger partial charge in [0.2, 0.25) is 0 Å². The van der Waals surface area contributed by atoms with Gasteiger partial charge in [0.15, 0.2) is 0 Å². The molecule has 1 aromatic heterocycles. The fraction of sp³-hybridized carbons (Fsp3) is 0.250. The lowest BCUT2D eigenvalue weighted by Crippen LogP contribution is -1.99. The van der Waals surface area contributed by atoms with E-state index in [4.69, 9.17) is 0 Å².